The lowest BCUT2D eigenvalue weighted by molar-refractivity contribution is -0.137. The second-order valence-corrected chi connectivity index (χ2v) is 7.34. The minimum atomic E-state index is -5.91. The van der Waals surface area contributed by atoms with Crippen LogP contribution in [0.15, 0.2) is 38.3 Å². The number of hydrogen-bond donors (Lipinski definition) is 0. The summed E-state index contributed by atoms with van der Waals surface area (Å²) in [5.74, 6) is 0.587. The molecule has 0 bridgehead atoms. The van der Waals surface area contributed by atoms with E-state index in [0.717, 1.165) is 11.8 Å². The van der Waals surface area contributed by atoms with Gasteiger partial charge in [-0.1, -0.05) is 11.8 Å². The zero-order valence-electron chi connectivity index (χ0n) is 11.4. The van der Waals surface area contributed by atoms with E-state index in [4.69, 9.17) is 0 Å². The maximum Gasteiger partial charge on any atom is 0.501 e. The highest BCUT2D eigenvalue weighted by Gasteiger charge is 2.48. The number of nitrogens with zero attached hydrogens (tertiary/aromatic N) is 3. The van der Waals surface area contributed by atoms with E-state index >= 15 is 0 Å². The van der Waals surface area contributed by atoms with Crippen LogP contribution in [0.25, 0.3) is 0 Å². The number of amidine groups is 1. The summed E-state index contributed by atoms with van der Waals surface area (Å²) in [5.41, 5.74) is -8.16. The number of hydrogen-bond acceptors (Lipinski definition) is 6. The van der Waals surface area contributed by atoms with E-state index in [9.17, 15) is 34.8 Å². The summed E-state index contributed by atoms with van der Waals surface area (Å²) in [6.07, 6.45) is -5.11. The van der Waals surface area contributed by atoms with E-state index in [1.807, 2.05) is 0 Å². The molecular weight excluding hydrogens is 384 g/mol. The fraction of sp³-hybridized carbons (Fsp3) is 0.364. The van der Waals surface area contributed by atoms with Gasteiger partial charge in [0, 0.05) is 5.75 Å². The molecule has 0 saturated heterocycles. The molecule has 0 N–H and O–H groups in total. The Kier molecular flexibility index (Phi) is 4.95. The highest BCUT2D eigenvalue weighted by Crippen LogP contribution is 2.40. The van der Waals surface area contributed by atoms with E-state index < -0.39 is 37.7 Å². The third kappa shape index (κ3) is 3.88. The Labute approximate surface area is 135 Å². The molecule has 5 nitrogen and oxygen atoms in total. The van der Waals surface area contributed by atoms with Crippen LogP contribution in [0.1, 0.15) is 5.56 Å². The zero-order valence-corrected chi connectivity index (χ0v) is 13.0. The molecule has 2 rings (SSSR count). The fourth-order valence-corrected chi connectivity index (χ4v) is 3.04. The number of alkyl halides is 6. The Morgan fingerprint density at radius 1 is 1.08 bits per heavy atom. The molecule has 0 unspecified atom stereocenters. The monoisotopic (exact) mass is 391 g/mol. The molecule has 1 aliphatic heterocycles. The Balaban J connectivity index is 2.51. The van der Waals surface area contributed by atoms with Crippen LogP contribution < -0.4 is 0 Å². The van der Waals surface area contributed by atoms with Gasteiger partial charge in [-0.3, -0.25) is 4.99 Å². The van der Waals surface area contributed by atoms with Crippen molar-refractivity contribution in [3.8, 4) is 0 Å². The van der Waals surface area contributed by atoms with Gasteiger partial charge in [-0.05, 0) is 18.2 Å². The van der Waals surface area contributed by atoms with Crippen molar-refractivity contribution in [2.45, 2.75) is 16.6 Å². The van der Waals surface area contributed by atoms with Gasteiger partial charge < -0.3 is 0 Å². The van der Waals surface area contributed by atoms with Crippen LogP contribution in [0.5, 0.6) is 0 Å². The first-order valence-electron chi connectivity index (χ1n) is 6.04. The van der Waals surface area contributed by atoms with E-state index in [1.165, 1.54) is 0 Å². The SMILES string of the molecule is O=S(=O)(c1ccc(/N=N/C2=NCCS2)c(C(F)(F)F)c1)C(F)(F)F. The number of azo groups is 1. The molecule has 0 atom stereocenters. The minimum absolute atomic E-state index is 0.110. The average Bonchev–Trinajstić information content (AvgIpc) is 2.96. The van der Waals surface area contributed by atoms with Crippen LogP contribution in [-0.2, 0) is 16.0 Å². The molecule has 0 aliphatic carbocycles. The lowest BCUT2D eigenvalue weighted by Crippen LogP contribution is -2.23. The summed E-state index contributed by atoms with van der Waals surface area (Å²) in [6.45, 7) is 0.425. The summed E-state index contributed by atoms with van der Waals surface area (Å²) in [6, 6.07) is 0.807. The molecule has 1 aromatic rings. The molecule has 24 heavy (non-hydrogen) atoms. The number of benzene rings is 1. The third-order valence-electron chi connectivity index (χ3n) is 2.70. The number of thioether (sulfide) groups is 1. The van der Waals surface area contributed by atoms with Crippen molar-refractivity contribution in [3.05, 3.63) is 23.8 Å². The number of rotatable bonds is 2. The van der Waals surface area contributed by atoms with Crippen LogP contribution >= 0.6 is 11.8 Å². The lowest BCUT2D eigenvalue weighted by atomic mass is 10.2. The highest BCUT2D eigenvalue weighted by atomic mass is 32.2. The van der Waals surface area contributed by atoms with Crippen molar-refractivity contribution in [3.63, 3.8) is 0 Å². The maximum absolute atomic E-state index is 13.0. The summed E-state index contributed by atoms with van der Waals surface area (Å²) < 4.78 is 98.9. The average molecular weight is 391 g/mol. The Morgan fingerprint density at radius 2 is 1.75 bits per heavy atom. The minimum Gasteiger partial charge on any atom is -0.258 e. The Hall–Kier alpha value is -1.63. The highest BCUT2D eigenvalue weighted by molar-refractivity contribution is 8.14. The summed E-state index contributed by atoms with van der Waals surface area (Å²) in [7, 11) is -5.91. The van der Waals surface area contributed by atoms with Gasteiger partial charge in [-0.2, -0.15) is 26.3 Å². The van der Waals surface area contributed by atoms with Gasteiger partial charge in [-0.15, -0.1) is 10.2 Å². The van der Waals surface area contributed by atoms with Crippen LogP contribution in [0.2, 0.25) is 0 Å². The first-order valence-corrected chi connectivity index (χ1v) is 8.51. The van der Waals surface area contributed by atoms with Gasteiger partial charge in [0.2, 0.25) is 5.17 Å². The smallest absolute Gasteiger partial charge is 0.258 e. The van der Waals surface area contributed by atoms with Crippen LogP contribution in [0.3, 0.4) is 0 Å². The molecule has 13 heteroatoms. The van der Waals surface area contributed by atoms with Crippen molar-refractivity contribution in [2.24, 2.45) is 15.2 Å². The predicted molar refractivity (Wildman–Crippen MR) is 74.0 cm³/mol. The van der Waals surface area contributed by atoms with Gasteiger partial charge in [0.15, 0.2) is 0 Å². The van der Waals surface area contributed by atoms with Crippen molar-refractivity contribution in [1.29, 1.82) is 0 Å². The number of aliphatic imine (C=N–C) groups is 1. The first kappa shape index (κ1) is 18.7. The van der Waals surface area contributed by atoms with Crippen molar-refractivity contribution < 1.29 is 34.8 Å². The predicted octanol–water partition coefficient (Wildman–Crippen LogP) is 4.19. The third-order valence-corrected chi connectivity index (χ3v) is 5.04. The van der Waals surface area contributed by atoms with E-state index in [0.29, 0.717) is 24.4 Å². The summed E-state index contributed by atoms with van der Waals surface area (Å²) >= 11 is 1.15. The van der Waals surface area contributed by atoms with Crippen LogP contribution in [0, 0.1) is 0 Å². The topological polar surface area (TPSA) is 71.2 Å². The van der Waals surface area contributed by atoms with Crippen LogP contribution in [0.4, 0.5) is 32.0 Å². The molecule has 0 spiro atoms. The van der Waals surface area contributed by atoms with Gasteiger partial charge in [0.1, 0.15) is 0 Å². The van der Waals surface area contributed by atoms with Crippen molar-refractivity contribution >= 4 is 32.5 Å². The largest absolute Gasteiger partial charge is 0.501 e. The normalized spacial score (nSPS) is 16.7. The first-order chi connectivity index (χ1) is 10.9. The zero-order chi connectivity index (χ0) is 18.2. The standard InChI is InChI=1S/C11H7F6N3O2S2/c12-10(13,14)7-5-6(24(21,22)11(15,16)17)1-2-8(7)19-20-9-18-3-4-23-9/h1-2,5H,3-4H2/b20-19+. The molecule has 0 amide bonds. The quantitative estimate of drug-likeness (QED) is 0.561. The van der Waals surface area contributed by atoms with Gasteiger partial charge >= 0.3 is 11.7 Å². The molecule has 1 heterocycles. The Bertz CT molecular complexity index is 799. The Morgan fingerprint density at radius 3 is 2.25 bits per heavy atom. The maximum atomic E-state index is 13.0. The summed E-state index contributed by atoms with van der Waals surface area (Å²) in [5, 5.41) is 6.93. The van der Waals surface area contributed by atoms with E-state index in [1.54, 1.807) is 0 Å². The molecule has 0 aromatic heterocycles. The van der Waals surface area contributed by atoms with Gasteiger partial charge in [-0.25, -0.2) is 8.42 Å². The van der Waals surface area contributed by atoms with E-state index in [-0.39, 0.29) is 11.2 Å². The molecule has 1 aliphatic rings. The molecule has 0 radical (unpaired) electrons. The molecule has 132 valence electrons. The summed E-state index contributed by atoms with van der Waals surface area (Å²) in [4.78, 5) is 2.31. The van der Waals surface area contributed by atoms with Crippen LogP contribution in [-0.4, -0.2) is 31.4 Å². The molecule has 1 aromatic carbocycles. The lowest BCUT2D eigenvalue weighted by Gasteiger charge is -2.13. The second-order valence-electron chi connectivity index (χ2n) is 4.34. The van der Waals surface area contributed by atoms with E-state index in [2.05, 4.69) is 15.2 Å². The van der Waals surface area contributed by atoms with Crippen molar-refractivity contribution in [2.75, 3.05) is 12.3 Å². The second kappa shape index (κ2) is 6.35. The number of sulfone groups is 1. The molecular formula is C11H7F6N3O2S2. The number of halogens is 6. The molecule has 0 saturated carbocycles. The van der Waals surface area contributed by atoms with Gasteiger partial charge in [0.05, 0.1) is 22.7 Å². The van der Waals surface area contributed by atoms with Gasteiger partial charge in [0.25, 0.3) is 9.84 Å². The molecule has 0 fully saturated rings. The van der Waals surface area contributed by atoms with Crippen molar-refractivity contribution in [1.82, 2.24) is 0 Å². The fourth-order valence-electron chi connectivity index (χ4n) is 1.61.